The highest BCUT2D eigenvalue weighted by Crippen LogP contribution is 2.37. The lowest BCUT2D eigenvalue weighted by Crippen LogP contribution is -2.40. The van der Waals surface area contributed by atoms with Gasteiger partial charge in [0.2, 0.25) is 16.3 Å². The molecule has 0 radical (unpaired) electrons. The first-order chi connectivity index (χ1) is 17.8. The number of sulfonamides is 1. The Morgan fingerprint density at radius 1 is 1.08 bits per heavy atom. The van der Waals surface area contributed by atoms with Gasteiger partial charge in [-0.05, 0) is 36.8 Å². The van der Waals surface area contributed by atoms with Crippen molar-refractivity contribution in [3.05, 3.63) is 94.3 Å². The van der Waals surface area contributed by atoms with Crippen molar-refractivity contribution >= 4 is 16.0 Å². The van der Waals surface area contributed by atoms with E-state index in [0.29, 0.717) is 35.7 Å². The number of ether oxygens (including phenoxy) is 4. The van der Waals surface area contributed by atoms with Crippen LogP contribution in [0.3, 0.4) is 0 Å². The van der Waals surface area contributed by atoms with E-state index in [1.807, 2.05) is 30.3 Å². The Balaban J connectivity index is 1.35. The van der Waals surface area contributed by atoms with Crippen LogP contribution in [0.1, 0.15) is 38.9 Å². The van der Waals surface area contributed by atoms with Crippen molar-refractivity contribution in [2.24, 2.45) is 0 Å². The molecule has 0 spiro atoms. The fourth-order valence-corrected chi connectivity index (χ4v) is 5.98. The maximum absolute atomic E-state index is 14.3. The number of esters is 1. The molecular weight excluding hydrogens is 501 g/mol. The lowest BCUT2D eigenvalue weighted by molar-refractivity contribution is -0.112. The predicted octanol–water partition coefficient (Wildman–Crippen LogP) is 4.12. The second-order valence-corrected chi connectivity index (χ2v) is 10.7. The van der Waals surface area contributed by atoms with Crippen LogP contribution in [-0.4, -0.2) is 45.0 Å². The predicted molar refractivity (Wildman–Crippen MR) is 131 cm³/mol. The summed E-state index contributed by atoms with van der Waals surface area (Å²) < 4.78 is 64.4. The molecule has 10 heteroatoms. The zero-order chi connectivity index (χ0) is 26.0. The molecular formula is C27H26FNO7S. The summed E-state index contributed by atoms with van der Waals surface area (Å²) in [7, 11) is -3.80. The molecule has 1 saturated heterocycles. The molecule has 0 bridgehead atoms. The van der Waals surface area contributed by atoms with Gasteiger partial charge < -0.3 is 18.9 Å². The molecule has 0 aromatic heterocycles. The van der Waals surface area contributed by atoms with Crippen molar-refractivity contribution in [1.82, 2.24) is 4.31 Å². The average molecular weight is 528 g/mol. The molecule has 194 valence electrons. The maximum Gasteiger partial charge on any atom is 0.338 e. The molecule has 1 fully saturated rings. The van der Waals surface area contributed by atoms with Gasteiger partial charge in [-0.2, -0.15) is 4.31 Å². The highest BCUT2D eigenvalue weighted by molar-refractivity contribution is 7.89. The fourth-order valence-electron chi connectivity index (χ4n) is 4.32. The minimum absolute atomic E-state index is 0.0400. The van der Waals surface area contributed by atoms with Gasteiger partial charge in [-0.1, -0.05) is 36.4 Å². The lowest BCUT2D eigenvalue weighted by atomic mass is 10.1. The highest BCUT2D eigenvalue weighted by atomic mass is 32.2. The first-order valence-corrected chi connectivity index (χ1v) is 13.3. The van der Waals surface area contributed by atoms with Gasteiger partial charge in [0.05, 0.1) is 30.3 Å². The van der Waals surface area contributed by atoms with E-state index in [4.69, 9.17) is 18.9 Å². The summed E-state index contributed by atoms with van der Waals surface area (Å²) in [4.78, 5) is 13.0. The molecule has 3 aromatic carbocycles. The number of benzene rings is 3. The molecule has 2 aliphatic heterocycles. The topological polar surface area (TPSA) is 91.4 Å². The molecule has 2 heterocycles. The number of morpholine rings is 1. The van der Waals surface area contributed by atoms with Crippen LogP contribution >= 0.6 is 0 Å². The summed E-state index contributed by atoms with van der Waals surface area (Å²) in [6, 6.07) is 16.3. The number of halogens is 1. The van der Waals surface area contributed by atoms with Crippen LogP contribution in [0.25, 0.3) is 0 Å². The lowest BCUT2D eigenvalue weighted by Gasteiger charge is -2.28. The SMILES string of the molecule is Cc1ccc(C(=O)OCc2cc(F)cc3c2O[C@@H](c2ccccc2)OC3)cc1S(=O)(=O)N1CCOCC1. The van der Waals surface area contributed by atoms with E-state index in [-0.39, 0.29) is 36.8 Å². The van der Waals surface area contributed by atoms with Crippen molar-refractivity contribution in [2.45, 2.75) is 31.3 Å². The molecule has 3 aromatic rings. The molecule has 0 unspecified atom stereocenters. The molecule has 0 amide bonds. The van der Waals surface area contributed by atoms with Crippen molar-refractivity contribution < 1.29 is 36.6 Å². The third-order valence-corrected chi connectivity index (χ3v) is 8.31. The number of aryl methyl sites for hydroxylation is 1. The van der Waals surface area contributed by atoms with E-state index in [1.54, 1.807) is 13.0 Å². The van der Waals surface area contributed by atoms with Crippen molar-refractivity contribution in [1.29, 1.82) is 0 Å². The molecule has 8 nitrogen and oxygen atoms in total. The molecule has 0 N–H and O–H groups in total. The largest absolute Gasteiger partial charge is 0.460 e. The summed E-state index contributed by atoms with van der Waals surface area (Å²) in [5.74, 6) is -0.846. The van der Waals surface area contributed by atoms with Crippen LogP contribution in [-0.2, 0) is 37.4 Å². The Morgan fingerprint density at radius 3 is 2.59 bits per heavy atom. The Morgan fingerprint density at radius 2 is 1.84 bits per heavy atom. The number of rotatable bonds is 6. The number of carbonyl (C=O) groups excluding carboxylic acids is 1. The number of hydrogen-bond donors (Lipinski definition) is 0. The first-order valence-electron chi connectivity index (χ1n) is 11.8. The van der Waals surface area contributed by atoms with Crippen molar-refractivity contribution in [3.63, 3.8) is 0 Å². The van der Waals surface area contributed by atoms with E-state index >= 15 is 0 Å². The van der Waals surface area contributed by atoms with Gasteiger partial charge in [0, 0.05) is 29.8 Å². The van der Waals surface area contributed by atoms with Gasteiger partial charge in [0.25, 0.3) is 0 Å². The molecule has 0 saturated carbocycles. The normalized spacial score (nSPS) is 18.1. The second kappa shape index (κ2) is 10.6. The Hall–Kier alpha value is -3.31. The monoisotopic (exact) mass is 527 g/mol. The van der Waals surface area contributed by atoms with Gasteiger partial charge in [0.15, 0.2) is 0 Å². The van der Waals surface area contributed by atoms with E-state index in [0.717, 1.165) is 5.56 Å². The summed E-state index contributed by atoms with van der Waals surface area (Å²) in [6.07, 6.45) is -0.682. The number of nitrogens with zero attached hydrogens (tertiary/aromatic N) is 1. The third kappa shape index (κ3) is 5.37. The zero-order valence-corrected chi connectivity index (χ0v) is 21.0. The van der Waals surface area contributed by atoms with Gasteiger partial charge >= 0.3 is 5.97 Å². The molecule has 37 heavy (non-hydrogen) atoms. The van der Waals surface area contributed by atoms with Gasteiger partial charge in [-0.15, -0.1) is 0 Å². The van der Waals surface area contributed by atoms with Crippen LogP contribution in [0.5, 0.6) is 5.75 Å². The number of carbonyl (C=O) groups is 1. The average Bonchev–Trinajstić information content (AvgIpc) is 2.92. The fraction of sp³-hybridized carbons (Fsp3) is 0.296. The molecule has 2 aliphatic rings. The van der Waals surface area contributed by atoms with E-state index < -0.39 is 28.1 Å². The van der Waals surface area contributed by atoms with Crippen LogP contribution in [0.2, 0.25) is 0 Å². The third-order valence-electron chi connectivity index (χ3n) is 6.26. The smallest absolute Gasteiger partial charge is 0.338 e. The molecule has 0 aliphatic carbocycles. The summed E-state index contributed by atoms with van der Waals surface area (Å²) >= 11 is 0. The Bertz CT molecular complexity index is 1410. The van der Waals surface area contributed by atoms with Crippen LogP contribution in [0.4, 0.5) is 4.39 Å². The minimum atomic E-state index is -3.80. The van der Waals surface area contributed by atoms with Crippen LogP contribution in [0, 0.1) is 12.7 Å². The number of hydrogen-bond acceptors (Lipinski definition) is 7. The highest BCUT2D eigenvalue weighted by Gasteiger charge is 2.29. The van der Waals surface area contributed by atoms with Crippen molar-refractivity contribution in [2.75, 3.05) is 26.3 Å². The molecule has 1 atom stereocenters. The van der Waals surface area contributed by atoms with E-state index in [1.165, 1.54) is 28.6 Å². The summed E-state index contributed by atoms with van der Waals surface area (Å²) in [5, 5.41) is 0. The van der Waals surface area contributed by atoms with Gasteiger partial charge in [-0.3, -0.25) is 0 Å². The first kappa shape index (κ1) is 25.3. The minimum Gasteiger partial charge on any atom is -0.460 e. The van der Waals surface area contributed by atoms with Gasteiger partial charge in [0.1, 0.15) is 18.2 Å². The van der Waals surface area contributed by atoms with Crippen molar-refractivity contribution in [3.8, 4) is 5.75 Å². The molecule has 5 rings (SSSR count). The van der Waals surface area contributed by atoms with Crippen LogP contribution < -0.4 is 4.74 Å². The standard InChI is InChI=1S/C27H26FNO7S/c1-18-7-8-20(15-24(18)37(31,32)29-9-11-33-12-10-29)26(30)34-16-21-13-23(28)14-22-17-35-27(36-25(21)22)19-5-3-2-4-6-19/h2-8,13-15,27H,9-12,16-17H2,1H3/t27-/m0/s1. The summed E-state index contributed by atoms with van der Waals surface area (Å²) in [6.45, 7) is 2.66. The van der Waals surface area contributed by atoms with Gasteiger partial charge in [-0.25, -0.2) is 17.6 Å². The zero-order valence-electron chi connectivity index (χ0n) is 20.2. The Kier molecular flexibility index (Phi) is 7.25. The van der Waals surface area contributed by atoms with Crippen LogP contribution in [0.15, 0.2) is 65.6 Å². The summed E-state index contributed by atoms with van der Waals surface area (Å²) in [5.41, 5.74) is 2.25. The number of fused-ring (bicyclic) bond motifs is 1. The van der Waals surface area contributed by atoms with E-state index in [2.05, 4.69) is 0 Å². The maximum atomic E-state index is 14.3. The second-order valence-electron chi connectivity index (χ2n) is 8.80. The quantitative estimate of drug-likeness (QED) is 0.446. The Labute approximate surface area is 214 Å². The van der Waals surface area contributed by atoms with E-state index in [9.17, 15) is 17.6 Å².